The van der Waals surface area contributed by atoms with E-state index in [9.17, 15) is 14.4 Å². The highest BCUT2D eigenvalue weighted by atomic mass is 32.1. The van der Waals surface area contributed by atoms with Crippen molar-refractivity contribution in [3.63, 3.8) is 0 Å². The second-order valence-corrected chi connectivity index (χ2v) is 18.0. The predicted octanol–water partition coefficient (Wildman–Crippen LogP) is 6.42. The van der Waals surface area contributed by atoms with Crippen LogP contribution in [0.5, 0.6) is 0 Å². The van der Waals surface area contributed by atoms with Crippen LogP contribution in [0, 0.1) is 18.5 Å². The lowest BCUT2D eigenvalue weighted by molar-refractivity contribution is -0.468. The van der Waals surface area contributed by atoms with E-state index in [1.54, 1.807) is 10.4 Å². The SMILES string of the molecule is C#SC=[N+](C(=O)c1nc(C(C)(C)C)no1)[C@H](C)c1ccc(-c2cc(Nc3ncc(N4CCN(CC5CCN(c6ccc(N7CCC(=O)NC7=O)cc6)CC5)CC4)cn3)ncn2)cc1C. The highest BCUT2D eigenvalue weighted by Crippen LogP contribution is 2.30. The molecule has 2 aromatic carbocycles. The zero-order valence-corrected chi connectivity index (χ0v) is 37.7. The number of nitrogens with zero attached hydrogens (tertiary/aromatic N) is 11. The summed E-state index contributed by atoms with van der Waals surface area (Å²) in [4.78, 5) is 68.8. The summed E-state index contributed by atoms with van der Waals surface area (Å²) in [6.45, 7) is 17.1. The highest BCUT2D eigenvalue weighted by Gasteiger charge is 2.35. The van der Waals surface area contributed by atoms with Gasteiger partial charge in [-0.3, -0.25) is 19.9 Å². The van der Waals surface area contributed by atoms with Gasteiger partial charge < -0.3 is 19.6 Å². The van der Waals surface area contributed by atoms with E-state index in [1.807, 2.05) is 83.4 Å². The molecule has 2 N–H and O–H groups in total. The van der Waals surface area contributed by atoms with Gasteiger partial charge in [-0.25, -0.2) is 29.5 Å². The first kappa shape index (κ1) is 44.0. The minimum Gasteiger partial charge on any atom is -0.372 e. The molecule has 0 unspecified atom stereocenters. The Balaban J connectivity index is 0.807. The van der Waals surface area contributed by atoms with Gasteiger partial charge in [-0.2, -0.15) is 4.98 Å². The maximum Gasteiger partial charge on any atom is 0.478 e. The van der Waals surface area contributed by atoms with Crippen LogP contribution in [-0.2, 0) is 10.2 Å². The van der Waals surface area contributed by atoms with Crippen molar-refractivity contribution in [2.75, 3.05) is 72.4 Å². The monoisotopic (exact) mass is 884 g/mol. The van der Waals surface area contributed by atoms with Gasteiger partial charge in [-0.15, -0.1) is 4.58 Å². The number of urea groups is 1. The number of aromatic nitrogens is 6. The summed E-state index contributed by atoms with van der Waals surface area (Å²) < 4.78 is 6.85. The minimum absolute atomic E-state index is 0.0930. The van der Waals surface area contributed by atoms with Crippen LogP contribution in [-0.4, -0.2) is 115 Å². The van der Waals surface area contributed by atoms with Crippen LogP contribution in [0.1, 0.15) is 80.6 Å². The van der Waals surface area contributed by atoms with Gasteiger partial charge in [-0.1, -0.05) is 43.7 Å². The molecule has 332 valence electrons. The number of anilines is 5. The van der Waals surface area contributed by atoms with Crippen LogP contribution in [0.3, 0.4) is 0 Å². The molecule has 17 nitrogen and oxygen atoms in total. The van der Waals surface area contributed by atoms with Gasteiger partial charge in [0.15, 0.2) is 11.9 Å². The number of nitrogens with one attached hydrogen (secondary N) is 2. The second-order valence-electron chi connectivity index (χ2n) is 17.5. The summed E-state index contributed by atoms with van der Waals surface area (Å²) in [7, 11) is 0. The van der Waals surface area contributed by atoms with Crippen molar-refractivity contribution < 1.29 is 23.5 Å². The van der Waals surface area contributed by atoms with E-state index in [-0.39, 0.29) is 29.3 Å². The number of imide groups is 1. The van der Waals surface area contributed by atoms with Crippen molar-refractivity contribution in [3.05, 3.63) is 90.1 Å². The van der Waals surface area contributed by atoms with Gasteiger partial charge in [0.1, 0.15) is 12.1 Å². The van der Waals surface area contributed by atoms with E-state index in [1.165, 1.54) is 10.9 Å². The number of benzene rings is 2. The Kier molecular flexibility index (Phi) is 13.1. The predicted molar refractivity (Wildman–Crippen MR) is 248 cm³/mol. The lowest BCUT2D eigenvalue weighted by Crippen LogP contribution is -2.49. The third-order valence-corrected chi connectivity index (χ3v) is 12.5. The molecule has 4 amide bonds. The molecule has 0 radical (unpaired) electrons. The highest BCUT2D eigenvalue weighted by molar-refractivity contribution is 8.01. The summed E-state index contributed by atoms with van der Waals surface area (Å²) in [6, 6.07) is 15.2. The fraction of sp³-hybridized carbons (Fsp3) is 0.413. The summed E-state index contributed by atoms with van der Waals surface area (Å²) in [5.41, 5.74) is 13.4. The van der Waals surface area contributed by atoms with Gasteiger partial charge in [0.25, 0.3) is 0 Å². The number of aryl methyl sites for hydroxylation is 1. The third-order valence-electron chi connectivity index (χ3n) is 12.1. The molecule has 6 heterocycles. The molecule has 3 fully saturated rings. The van der Waals surface area contributed by atoms with Crippen LogP contribution in [0.2, 0.25) is 0 Å². The molecule has 3 saturated heterocycles. The molecular formula is C46H54N13O4S+. The average molecular weight is 885 g/mol. The summed E-state index contributed by atoms with van der Waals surface area (Å²) >= 11 is 0.931. The number of piperidine rings is 1. The quantitative estimate of drug-likeness (QED) is 0.0843. The molecule has 0 spiro atoms. The van der Waals surface area contributed by atoms with Crippen molar-refractivity contribution in [1.82, 2.24) is 40.3 Å². The third kappa shape index (κ3) is 10.1. The zero-order chi connectivity index (χ0) is 45.0. The fourth-order valence-electron chi connectivity index (χ4n) is 8.39. The maximum absolute atomic E-state index is 13.5. The molecule has 18 heteroatoms. The molecule has 0 aliphatic carbocycles. The zero-order valence-electron chi connectivity index (χ0n) is 36.9. The van der Waals surface area contributed by atoms with Crippen LogP contribution in [0.4, 0.5) is 33.6 Å². The van der Waals surface area contributed by atoms with E-state index in [4.69, 9.17) is 10.2 Å². The maximum atomic E-state index is 13.5. The Bertz CT molecular complexity index is 2570. The van der Waals surface area contributed by atoms with E-state index < -0.39 is 5.91 Å². The molecule has 1 atom stereocenters. The smallest absolute Gasteiger partial charge is 0.372 e. The molecule has 3 aliphatic heterocycles. The Labute approximate surface area is 376 Å². The van der Waals surface area contributed by atoms with E-state index in [0.717, 1.165) is 104 Å². The lowest BCUT2D eigenvalue weighted by atomic mass is 9.95. The lowest BCUT2D eigenvalue weighted by Gasteiger charge is -2.40. The number of carbonyl (C=O) groups is 3. The van der Waals surface area contributed by atoms with Gasteiger partial charge >= 0.3 is 17.8 Å². The number of hydrogen-bond donors (Lipinski definition) is 2. The Morgan fingerprint density at radius 2 is 1.64 bits per heavy atom. The van der Waals surface area contributed by atoms with Crippen LogP contribution in [0.15, 0.2) is 71.8 Å². The van der Waals surface area contributed by atoms with Crippen molar-refractivity contribution in [2.45, 2.75) is 65.3 Å². The first-order chi connectivity index (χ1) is 30.8. The minimum atomic E-state index is -0.434. The topological polar surface area (TPSA) is 182 Å². The Hall–Kier alpha value is -6.62. The number of hydrogen-bond acceptors (Lipinski definition) is 14. The fourth-order valence-corrected chi connectivity index (χ4v) is 8.80. The van der Waals surface area contributed by atoms with Crippen molar-refractivity contribution >= 4 is 63.4 Å². The van der Waals surface area contributed by atoms with E-state index in [2.05, 4.69) is 67.5 Å². The first-order valence-electron chi connectivity index (χ1n) is 21.6. The first-order valence-corrected chi connectivity index (χ1v) is 22.6. The van der Waals surface area contributed by atoms with Crippen molar-refractivity contribution in [1.29, 1.82) is 0 Å². The standard InChI is InChI=1S/C46H53N13O4S/c1-30-23-33(7-12-37(30)31(2)59(29-64-6)42(61)41-53-43(54-63-41)46(3,4)5)38-24-39(50-28-49-38)51-44-47-25-36(26-48-44)57-21-19-55(20-22-57)27-32-13-16-56(17-14-32)34-8-10-35(11-9-34)58-18-15-40(60)52-45(58)62/h6-12,23-26,28-29,31-32H,13-22,27H2,1-5H3,(H-,47,48,49,50,51,52,60,62)/p+1/t31-/m1/s1. The molecular weight excluding hydrogens is 831 g/mol. The van der Waals surface area contributed by atoms with E-state index >= 15 is 0 Å². The molecule has 3 aliphatic rings. The normalized spacial score (nSPS) is 17.3. The number of amides is 4. The van der Waals surface area contributed by atoms with Gasteiger partial charge in [-0.05, 0) is 72.7 Å². The molecule has 8 rings (SSSR count). The van der Waals surface area contributed by atoms with Gasteiger partial charge in [0.05, 0.1) is 23.8 Å². The summed E-state index contributed by atoms with van der Waals surface area (Å²) in [6.07, 6.45) is 7.82. The van der Waals surface area contributed by atoms with Crippen molar-refractivity contribution in [3.8, 4) is 16.9 Å². The largest absolute Gasteiger partial charge is 0.478 e. The molecule has 3 aromatic heterocycles. The van der Waals surface area contributed by atoms with E-state index in [0.29, 0.717) is 42.2 Å². The Morgan fingerprint density at radius 3 is 2.30 bits per heavy atom. The van der Waals surface area contributed by atoms with Gasteiger partial charge in [0.2, 0.25) is 17.4 Å². The Morgan fingerprint density at radius 1 is 0.938 bits per heavy atom. The molecule has 64 heavy (non-hydrogen) atoms. The molecule has 0 bridgehead atoms. The van der Waals surface area contributed by atoms with Crippen LogP contribution >= 0.6 is 11.2 Å². The molecule has 0 saturated carbocycles. The number of piperazine rings is 1. The van der Waals surface area contributed by atoms with Crippen molar-refractivity contribution in [2.24, 2.45) is 5.92 Å². The average Bonchev–Trinajstić information content (AvgIpc) is 3.81. The van der Waals surface area contributed by atoms with Gasteiger partial charge in [0, 0.05) is 99.7 Å². The summed E-state index contributed by atoms with van der Waals surface area (Å²) in [5.74, 6) is 1.36. The number of rotatable bonds is 11. The summed E-state index contributed by atoms with van der Waals surface area (Å²) in [5, 5.41) is 9.63. The van der Waals surface area contributed by atoms with Crippen LogP contribution < -0.4 is 25.3 Å². The van der Waals surface area contributed by atoms with Crippen LogP contribution in [0.25, 0.3) is 11.3 Å². The number of carbonyl (C=O) groups excluding carboxylic acids is 3. The second kappa shape index (κ2) is 19.0. The molecule has 5 aromatic rings.